The summed E-state index contributed by atoms with van der Waals surface area (Å²) in [7, 11) is -2.80. The molecule has 1 heterocycles. The summed E-state index contributed by atoms with van der Waals surface area (Å²) in [4.78, 5) is 12.5. The summed E-state index contributed by atoms with van der Waals surface area (Å²) in [5.74, 6) is -0.198. The Bertz CT molecular complexity index is 1060. The van der Waals surface area contributed by atoms with Crippen LogP contribution in [-0.2, 0) is 18.7 Å². The van der Waals surface area contributed by atoms with Crippen LogP contribution in [0.25, 0.3) is 0 Å². The number of rotatable bonds is 6. The van der Waals surface area contributed by atoms with E-state index in [9.17, 15) is 4.79 Å². The molecule has 0 spiro atoms. The van der Waals surface area contributed by atoms with E-state index in [0.717, 1.165) is 17.4 Å². The van der Waals surface area contributed by atoms with E-state index in [2.05, 4.69) is 116 Å². The summed E-state index contributed by atoms with van der Waals surface area (Å²) in [6.07, 6.45) is 1.08. The highest BCUT2D eigenvalue weighted by Gasteiger charge is 2.54. The van der Waals surface area contributed by atoms with Crippen LogP contribution in [0.1, 0.15) is 61.8 Å². The lowest BCUT2D eigenvalue weighted by Crippen LogP contribution is -2.68. The van der Waals surface area contributed by atoms with Crippen LogP contribution in [0.3, 0.4) is 0 Å². The summed E-state index contributed by atoms with van der Waals surface area (Å²) in [6.45, 7) is 18.9. The molecule has 2 atom stereocenters. The van der Waals surface area contributed by atoms with Crippen LogP contribution in [-0.4, -0.2) is 40.2 Å². The van der Waals surface area contributed by atoms with Crippen LogP contribution >= 0.6 is 0 Å². The molecule has 4 rings (SSSR count). The van der Waals surface area contributed by atoms with Crippen LogP contribution in [0, 0.1) is 16.7 Å². The van der Waals surface area contributed by atoms with Crippen LogP contribution in [0.2, 0.25) is 5.04 Å². The second-order valence-corrected chi connectivity index (χ2v) is 17.4. The summed E-state index contributed by atoms with van der Waals surface area (Å²) >= 11 is 0. The Labute approximate surface area is 224 Å². The smallest absolute Gasteiger partial charge is 0.261 e. The molecule has 2 aromatic rings. The molecule has 1 fully saturated rings. The van der Waals surface area contributed by atoms with Gasteiger partial charge in [-0.25, -0.2) is 0 Å². The summed E-state index contributed by atoms with van der Waals surface area (Å²) < 4.78 is 20.1. The Kier molecular flexibility index (Phi) is 7.75. The van der Waals surface area contributed by atoms with Gasteiger partial charge in [0, 0.05) is 16.7 Å². The fraction of sp³-hybridized carbons (Fsp3) is 0.531. The highest BCUT2D eigenvalue weighted by Crippen LogP contribution is 2.49. The SMILES string of the molecule is CC1=C(C2OCC(C)(C)CO2)C(C)(C)[C@H](C=O)C[C@@H]1O[Si](c1ccccc1)(c1ccccc1)C(C)(C)C. The highest BCUT2D eigenvalue weighted by molar-refractivity contribution is 6.99. The first-order chi connectivity index (χ1) is 17.3. The molecule has 200 valence electrons. The van der Waals surface area contributed by atoms with Gasteiger partial charge in [0.25, 0.3) is 8.32 Å². The molecule has 4 nitrogen and oxygen atoms in total. The largest absolute Gasteiger partial charge is 0.401 e. The van der Waals surface area contributed by atoms with Gasteiger partial charge in [0.2, 0.25) is 0 Å². The molecule has 5 heteroatoms. The number of carbonyl (C=O) groups is 1. The maximum Gasteiger partial charge on any atom is 0.261 e. The predicted molar refractivity (Wildman–Crippen MR) is 153 cm³/mol. The van der Waals surface area contributed by atoms with Gasteiger partial charge in [-0.1, -0.05) is 109 Å². The van der Waals surface area contributed by atoms with Gasteiger partial charge in [-0.2, -0.15) is 0 Å². The van der Waals surface area contributed by atoms with Gasteiger partial charge >= 0.3 is 0 Å². The van der Waals surface area contributed by atoms with Gasteiger partial charge in [-0.15, -0.1) is 0 Å². The first kappa shape index (κ1) is 28.0. The second kappa shape index (κ2) is 10.3. The average Bonchev–Trinajstić information content (AvgIpc) is 2.85. The Morgan fingerprint density at radius 2 is 1.38 bits per heavy atom. The minimum absolute atomic E-state index is 0.0291. The quantitative estimate of drug-likeness (QED) is 0.271. The third-order valence-electron chi connectivity index (χ3n) is 8.38. The Morgan fingerprint density at radius 3 is 1.81 bits per heavy atom. The van der Waals surface area contributed by atoms with Crippen molar-refractivity contribution in [1.29, 1.82) is 0 Å². The Morgan fingerprint density at radius 1 is 0.892 bits per heavy atom. The van der Waals surface area contributed by atoms with E-state index in [1.807, 2.05) is 0 Å². The van der Waals surface area contributed by atoms with Gasteiger partial charge in [0.05, 0.1) is 19.3 Å². The van der Waals surface area contributed by atoms with Crippen molar-refractivity contribution >= 4 is 25.0 Å². The highest BCUT2D eigenvalue weighted by atomic mass is 28.4. The molecule has 0 bridgehead atoms. The van der Waals surface area contributed by atoms with Crippen molar-refractivity contribution in [3.8, 4) is 0 Å². The third-order valence-corrected chi connectivity index (χ3v) is 13.4. The van der Waals surface area contributed by atoms with Gasteiger partial charge in [-0.05, 0) is 39.9 Å². The second-order valence-electron chi connectivity index (χ2n) is 13.2. The summed E-state index contributed by atoms with van der Waals surface area (Å²) in [5.41, 5.74) is 1.79. The molecule has 2 aliphatic rings. The molecule has 0 aromatic heterocycles. The normalized spacial score (nSPS) is 24.6. The number of carbonyl (C=O) groups excluding carboxylic acids is 1. The predicted octanol–water partition coefficient (Wildman–Crippen LogP) is 5.89. The first-order valence-corrected chi connectivity index (χ1v) is 15.4. The molecular formula is C32H44O4Si. The number of aldehydes is 1. The minimum atomic E-state index is -2.80. The average molecular weight is 521 g/mol. The lowest BCUT2D eigenvalue weighted by Gasteiger charge is -2.50. The number of ether oxygens (including phenoxy) is 2. The zero-order chi connectivity index (χ0) is 27.1. The first-order valence-electron chi connectivity index (χ1n) is 13.5. The zero-order valence-corrected chi connectivity index (χ0v) is 24.8. The Hall–Kier alpha value is -2.05. The molecule has 0 N–H and O–H groups in total. The van der Waals surface area contributed by atoms with E-state index in [0.29, 0.717) is 19.6 Å². The van der Waals surface area contributed by atoms with Crippen molar-refractivity contribution in [1.82, 2.24) is 0 Å². The maximum absolute atomic E-state index is 12.5. The van der Waals surface area contributed by atoms with Gasteiger partial charge < -0.3 is 18.7 Å². The molecule has 2 aromatic carbocycles. The fourth-order valence-electron chi connectivity index (χ4n) is 6.20. The van der Waals surface area contributed by atoms with Crippen molar-refractivity contribution in [3.63, 3.8) is 0 Å². The molecule has 1 saturated heterocycles. The van der Waals surface area contributed by atoms with Crippen molar-refractivity contribution in [2.24, 2.45) is 16.7 Å². The van der Waals surface area contributed by atoms with E-state index in [1.165, 1.54) is 10.4 Å². The molecule has 0 unspecified atom stereocenters. The summed E-state index contributed by atoms with van der Waals surface area (Å²) in [5, 5.41) is 2.33. The van der Waals surface area contributed by atoms with Gasteiger partial charge in [0.15, 0.2) is 6.29 Å². The van der Waals surface area contributed by atoms with Crippen molar-refractivity contribution < 1.29 is 18.7 Å². The standard InChI is InChI=1S/C32H44O4Si/c1-23-27(19-24(20-33)32(7,8)28(23)29-34-21-31(5,6)22-35-29)36-37(30(2,3)4,25-15-11-9-12-16-25)26-17-13-10-14-18-26/h9-18,20,24,27,29H,19,21-22H2,1-8H3/t24-,27-/m0/s1. The summed E-state index contributed by atoms with van der Waals surface area (Å²) in [6, 6.07) is 21.4. The monoisotopic (exact) mass is 520 g/mol. The van der Waals surface area contributed by atoms with Crippen molar-refractivity contribution in [3.05, 3.63) is 71.8 Å². The molecule has 37 heavy (non-hydrogen) atoms. The van der Waals surface area contributed by atoms with Crippen LogP contribution < -0.4 is 10.4 Å². The lowest BCUT2D eigenvalue weighted by atomic mass is 9.64. The van der Waals surface area contributed by atoms with Crippen LogP contribution in [0.5, 0.6) is 0 Å². The van der Waals surface area contributed by atoms with Crippen molar-refractivity contribution in [2.45, 2.75) is 79.2 Å². The Balaban J connectivity index is 1.87. The molecule has 0 saturated carbocycles. The van der Waals surface area contributed by atoms with Crippen molar-refractivity contribution in [2.75, 3.05) is 13.2 Å². The van der Waals surface area contributed by atoms with Crippen LogP contribution in [0.15, 0.2) is 71.8 Å². The van der Waals surface area contributed by atoms with E-state index in [1.54, 1.807) is 0 Å². The minimum Gasteiger partial charge on any atom is -0.401 e. The number of hydrogen-bond donors (Lipinski definition) is 0. The molecule has 0 amide bonds. The fourth-order valence-corrected chi connectivity index (χ4v) is 10.9. The number of hydrogen-bond acceptors (Lipinski definition) is 4. The van der Waals surface area contributed by atoms with Gasteiger partial charge in [0.1, 0.15) is 6.29 Å². The molecule has 0 radical (unpaired) electrons. The van der Waals surface area contributed by atoms with E-state index in [-0.39, 0.29) is 27.9 Å². The topological polar surface area (TPSA) is 44.8 Å². The molecular weight excluding hydrogens is 476 g/mol. The molecule has 1 aliphatic carbocycles. The zero-order valence-electron chi connectivity index (χ0n) is 23.8. The molecule has 1 aliphatic heterocycles. The number of benzene rings is 2. The third kappa shape index (κ3) is 5.16. The van der Waals surface area contributed by atoms with E-state index >= 15 is 0 Å². The van der Waals surface area contributed by atoms with Gasteiger partial charge in [-0.3, -0.25) is 0 Å². The van der Waals surface area contributed by atoms with E-state index in [4.69, 9.17) is 13.9 Å². The van der Waals surface area contributed by atoms with Crippen LogP contribution in [0.4, 0.5) is 0 Å². The lowest BCUT2D eigenvalue weighted by molar-refractivity contribution is -0.211. The maximum atomic E-state index is 12.5. The van der Waals surface area contributed by atoms with E-state index < -0.39 is 14.6 Å².